The number of oxime groups is 1. The van der Waals surface area contributed by atoms with Crippen LogP contribution < -0.4 is 5.73 Å². The maximum absolute atomic E-state index is 12.4. The smallest absolute Gasteiger partial charge is 0.226 e. The Bertz CT molecular complexity index is 393. The second-order valence-electron chi connectivity index (χ2n) is 6.16. The first-order chi connectivity index (χ1) is 8.56. The van der Waals surface area contributed by atoms with Gasteiger partial charge in [0.2, 0.25) is 5.91 Å². The van der Waals surface area contributed by atoms with Gasteiger partial charge in [-0.05, 0) is 49.9 Å². The number of carbonyl (C=O) groups excluding carboxylic acids is 1. The molecule has 3 fully saturated rings. The zero-order chi connectivity index (χ0) is 13.0. The summed E-state index contributed by atoms with van der Waals surface area (Å²) in [5.74, 6) is 3.36. The minimum atomic E-state index is -0.332. The number of rotatable bonds is 3. The van der Waals surface area contributed by atoms with E-state index in [1.54, 1.807) is 18.9 Å². The van der Waals surface area contributed by atoms with E-state index in [1.165, 1.54) is 19.3 Å². The molecule has 1 amide bonds. The number of nitrogens with zero attached hydrogens (tertiary/aromatic N) is 2. The van der Waals surface area contributed by atoms with E-state index in [2.05, 4.69) is 5.16 Å². The lowest BCUT2D eigenvalue weighted by atomic mass is 10.0. The predicted molar refractivity (Wildman–Crippen MR) is 66.9 cm³/mol. The standard InChI is InChI=1S/C13H21N3O2/c1-6(12(14)15-18)16(2)13(17)11-9-7-3-4-8(5-7)10(9)11/h6-11,18H,3-5H2,1-2H3,(H2,14,15). The largest absolute Gasteiger partial charge is 0.409 e. The zero-order valence-electron chi connectivity index (χ0n) is 10.9. The Morgan fingerprint density at radius 2 is 1.94 bits per heavy atom. The van der Waals surface area contributed by atoms with Gasteiger partial charge in [0.05, 0.1) is 6.04 Å². The van der Waals surface area contributed by atoms with Crippen LogP contribution in [0.15, 0.2) is 5.16 Å². The molecule has 3 N–H and O–H groups in total. The van der Waals surface area contributed by atoms with Gasteiger partial charge in [0.1, 0.15) is 0 Å². The Morgan fingerprint density at radius 3 is 2.44 bits per heavy atom. The van der Waals surface area contributed by atoms with Crippen LogP contribution in [0.1, 0.15) is 26.2 Å². The maximum atomic E-state index is 12.4. The van der Waals surface area contributed by atoms with Crippen LogP contribution in [0.25, 0.3) is 0 Å². The van der Waals surface area contributed by atoms with Gasteiger partial charge in [0.25, 0.3) is 0 Å². The van der Waals surface area contributed by atoms with Crippen molar-refractivity contribution in [2.45, 2.75) is 32.2 Å². The molecule has 0 aromatic carbocycles. The molecule has 0 aromatic rings. The van der Waals surface area contributed by atoms with Crippen LogP contribution in [-0.4, -0.2) is 34.9 Å². The number of amides is 1. The van der Waals surface area contributed by atoms with Crippen molar-refractivity contribution in [3.63, 3.8) is 0 Å². The van der Waals surface area contributed by atoms with Gasteiger partial charge in [-0.15, -0.1) is 0 Å². The fourth-order valence-corrected chi connectivity index (χ4v) is 4.36. The molecule has 5 atom stereocenters. The SMILES string of the molecule is CC(C(N)=NO)N(C)C(=O)C1C2C3CCC(C3)C12. The highest BCUT2D eigenvalue weighted by molar-refractivity contribution is 5.91. The summed E-state index contributed by atoms with van der Waals surface area (Å²) in [5.41, 5.74) is 5.56. The summed E-state index contributed by atoms with van der Waals surface area (Å²) >= 11 is 0. The van der Waals surface area contributed by atoms with E-state index in [1.807, 2.05) is 0 Å². The Morgan fingerprint density at radius 1 is 1.39 bits per heavy atom. The lowest BCUT2D eigenvalue weighted by Crippen LogP contribution is -2.45. The maximum Gasteiger partial charge on any atom is 0.226 e. The van der Waals surface area contributed by atoms with Crippen LogP contribution in [0.4, 0.5) is 0 Å². The summed E-state index contributed by atoms with van der Waals surface area (Å²) < 4.78 is 0. The molecular formula is C13H21N3O2. The number of nitrogens with two attached hydrogens (primary N) is 1. The normalized spacial score (nSPS) is 42.6. The Balaban J connectivity index is 1.67. The number of likely N-dealkylation sites (N-methyl/N-ethyl adjacent to an activating group) is 1. The lowest BCUT2D eigenvalue weighted by molar-refractivity contribution is -0.133. The van der Waals surface area contributed by atoms with Gasteiger partial charge in [-0.2, -0.15) is 0 Å². The molecule has 5 unspecified atom stereocenters. The molecule has 0 radical (unpaired) electrons. The number of hydrogen-bond acceptors (Lipinski definition) is 3. The molecule has 3 aliphatic carbocycles. The second-order valence-corrected chi connectivity index (χ2v) is 6.16. The third-order valence-corrected chi connectivity index (χ3v) is 5.49. The molecule has 3 rings (SSSR count). The molecule has 0 aliphatic heterocycles. The van der Waals surface area contributed by atoms with Gasteiger partial charge in [-0.25, -0.2) is 0 Å². The summed E-state index contributed by atoms with van der Waals surface area (Å²) in [4.78, 5) is 14.1. The summed E-state index contributed by atoms with van der Waals surface area (Å²) in [6.45, 7) is 1.79. The summed E-state index contributed by atoms with van der Waals surface area (Å²) in [6, 6.07) is -0.332. The van der Waals surface area contributed by atoms with Crippen molar-refractivity contribution < 1.29 is 10.0 Å². The molecule has 0 spiro atoms. The van der Waals surface area contributed by atoms with Crippen LogP contribution in [0, 0.1) is 29.6 Å². The average Bonchev–Trinajstić information content (AvgIpc) is 2.82. The van der Waals surface area contributed by atoms with Crippen LogP contribution in [-0.2, 0) is 4.79 Å². The molecule has 18 heavy (non-hydrogen) atoms. The van der Waals surface area contributed by atoms with Crippen molar-refractivity contribution in [1.82, 2.24) is 4.90 Å². The molecule has 0 saturated heterocycles. The van der Waals surface area contributed by atoms with E-state index in [0.29, 0.717) is 11.8 Å². The van der Waals surface area contributed by atoms with Crippen molar-refractivity contribution in [1.29, 1.82) is 0 Å². The van der Waals surface area contributed by atoms with Crippen molar-refractivity contribution in [2.24, 2.45) is 40.5 Å². The zero-order valence-corrected chi connectivity index (χ0v) is 10.9. The van der Waals surface area contributed by atoms with E-state index in [0.717, 1.165) is 11.8 Å². The van der Waals surface area contributed by atoms with E-state index >= 15 is 0 Å². The van der Waals surface area contributed by atoms with Gasteiger partial charge < -0.3 is 15.8 Å². The Labute approximate surface area is 107 Å². The number of amidine groups is 1. The summed E-state index contributed by atoms with van der Waals surface area (Å²) in [5, 5.41) is 11.7. The first-order valence-corrected chi connectivity index (χ1v) is 6.80. The summed E-state index contributed by atoms with van der Waals surface area (Å²) in [7, 11) is 1.75. The molecule has 5 heteroatoms. The molecular weight excluding hydrogens is 230 g/mol. The highest BCUT2D eigenvalue weighted by atomic mass is 16.4. The monoisotopic (exact) mass is 251 g/mol. The molecule has 3 saturated carbocycles. The topological polar surface area (TPSA) is 78.9 Å². The van der Waals surface area contributed by atoms with E-state index < -0.39 is 0 Å². The average molecular weight is 251 g/mol. The Kier molecular flexibility index (Phi) is 2.54. The predicted octanol–water partition coefficient (Wildman–Crippen LogP) is 0.872. The highest BCUT2D eigenvalue weighted by Crippen LogP contribution is 2.69. The van der Waals surface area contributed by atoms with Gasteiger partial charge in [0, 0.05) is 13.0 Å². The van der Waals surface area contributed by atoms with E-state index in [4.69, 9.17) is 10.9 Å². The fourth-order valence-electron chi connectivity index (χ4n) is 4.36. The first-order valence-electron chi connectivity index (χ1n) is 6.80. The molecule has 2 bridgehead atoms. The van der Waals surface area contributed by atoms with Gasteiger partial charge in [-0.3, -0.25) is 4.79 Å². The number of hydrogen-bond donors (Lipinski definition) is 2. The first kappa shape index (κ1) is 11.8. The molecule has 5 nitrogen and oxygen atoms in total. The van der Waals surface area contributed by atoms with Crippen LogP contribution >= 0.6 is 0 Å². The fraction of sp³-hybridized carbons (Fsp3) is 0.846. The summed E-state index contributed by atoms with van der Waals surface area (Å²) in [6.07, 6.45) is 3.98. The van der Waals surface area contributed by atoms with Gasteiger partial charge in [0.15, 0.2) is 5.84 Å². The van der Waals surface area contributed by atoms with Crippen LogP contribution in [0.5, 0.6) is 0 Å². The molecule has 100 valence electrons. The number of fused-ring (bicyclic) bond motifs is 5. The molecule has 3 aliphatic rings. The third-order valence-electron chi connectivity index (χ3n) is 5.49. The second kappa shape index (κ2) is 3.87. The quantitative estimate of drug-likeness (QED) is 0.338. The van der Waals surface area contributed by atoms with E-state index in [-0.39, 0.29) is 23.7 Å². The highest BCUT2D eigenvalue weighted by Gasteiger charge is 2.67. The van der Waals surface area contributed by atoms with Crippen molar-refractivity contribution >= 4 is 11.7 Å². The number of carbonyl (C=O) groups is 1. The molecule has 0 aromatic heterocycles. The minimum absolute atomic E-state index is 0.0969. The van der Waals surface area contributed by atoms with E-state index in [9.17, 15) is 4.79 Å². The van der Waals surface area contributed by atoms with Gasteiger partial charge in [-0.1, -0.05) is 5.16 Å². The van der Waals surface area contributed by atoms with Crippen molar-refractivity contribution in [3.8, 4) is 0 Å². The lowest BCUT2D eigenvalue weighted by Gasteiger charge is -2.25. The third kappa shape index (κ3) is 1.45. The van der Waals surface area contributed by atoms with Crippen LogP contribution in [0.3, 0.4) is 0 Å². The Hall–Kier alpha value is -1.26. The van der Waals surface area contributed by atoms with Gasteiger partial charge >= 0.3 is 0 Å². The van der Waals surface area contributed by atoms with Crippen LogP contribution in [0.2, 0.25) is 0 Å². The minimum Gasteiger partial charge on any atom is -0.409 e. The van der Waals surface area contributed by atoms with Crippen molar-refractivity contribution in [3.05, 3.63) is 0 Å². The van der Waals surface area contributed by atoms with Crippen molar-refractivity contribution in [2.75, 3.05) is 7.05 Å². The molecule has 0 heterocycles.